The van der Waals surface area contributed by atoms with E-state index in [1.807, 2.05) is 0 Å². The Morgan fingerprint density at radius 1 is 1.35 bits per heavy atom. The van der Waals surface area contributed by atoms with Gasteiger partial charge in [0.25, 0.3) is 0 Å². The normalized spacial score (nSPS) is 23.9. The molecule has 1 aromatic heterocycles. The van der Waals surface area contributed by atoms with Crippen molar-refractivity contribution in [3.05, 3.63) is 35.3 Å². The topological polar surface area (TPSA) is 75.4 Å². The van der Waals surface area contributed by atoms with E-state index in [4.69, 9.17) is 21.0 Å². The molecule has 9 nitrogen and oxygen atoms in total. The van der Waals surface area contributed by atoms with Gasteiger partial charge in [-0.3, -0.25) is 4.79 Å². The molecule has 1 amide bonds. The second-order valence-electron chi connectivity index (χ2n) is 8.32. The number of anilines is 1. The number of aromatic nitrogens is 2. The van der Waals surface area contributed by atoms with Crippen LogP contribution in [0.5, 0.6) is 6.01 Å². The van der Waals surface area contributed by atoms with Crippen molar-refractivity contribution in [3.63, 3.8) is 0 Å². The van der Waals surface area contributed by atoms with Crippen LogP contribution in [0.4, 0.5) is 5.82 Å². The summed E-state index contributed by atoms with van der Waals surface area (Å²) >= 11 is 0. The highest BCUT2D eigenvalue weighted by molar-refractivity contribution is 5.87. The molecule has 166 valence electrons. The summed E-state index contributed by atoms with van der Waals surface area (Å²) in [5.41, 5.74) is 1.96. The van der Waals surface area contributed by atoms with Gasteiger partial charge in [-0.25, -0.2) is 6.57 Å². The predicted molar refractivity (Wildman–Crippen MR) is 116 cm³/mol. The molecular formula is C22H30N6O3. The van der Waals surface area contributed by atoms with E-state index in [1.54, 1.807) is 4.90 Å². The third-order valence-electron chi connectivity index (χ3n) is 6.40. The first kappa shape index (κ1) is 21.5. The average Bonchev–Trinajstić information content (AvgIpc) is 3.21. The van der Waals surface area contributed by atoms with Crippen molar-refractivity contribution in [1.82, 2.24) is 19.8 Å². The van der Waals surface area contributed by atoms with E-state index in [0.29, 0.717) is 51.5 Å². The quantitative estimate of drug-likeness (QED) is 0.499. The molecule has 2 fully saturated rings. The molecule has 0 N–H and O–H groups in total. The lowest BCUT2D eigenvalue weighted by molar-refractivity contribution is -0.128. The van der Waals surface area contributed by atoms with E-state index < -0.39 is 0 Å². The zero-order valence-electron chi connectivity index (χ0n) is 18.1. The van der Waals surface area contributed by atoms with Crippen molar-refractivity contribution in [2.75, 3.05) is 57.9 Å². The van der Waals surface area contributed by atoms with Crippen LogP contribution in [-0.4, -0.2) is 90.7 Å². The molecule has 31 heavy (non-hydrogen) atoms. The maximum absolute atomic E-state index is 12.2. The van der Waals surface area contributed by atoms with E-state index in [2.05, 4.69) is 33.3 Å². The fourth-order valence-electron chi connectivity index (χ4n) is 4.60. The summed E-state index contributed by atoms with van der Waals surface area (Å²) in [5, 5.41) is 0. The van der Waals surface area contributed by atoms with Crippen LogP contribution in [0.3, 0.4) is 0 Å². The molecule has 0 saturated carbocycles. The molecule has 4 rings (SSSR count). The first-order valence-electron chi connectivity index (χ1n) is 10.9. The molecule has 3 aliphatic rings. The molecule has 0 bridgehead atoms. The van der Waals surface area contributed by atoms with Crippen LogP contribution in [0.25, 0.3) is 4.85 Å². The number of carbonyl (C=O) groups excluding carboxylic acids is 1. The SMILES string of the molecule is [C-]#[N+]C[C@H]1CN(c2nc(OC[C@@H]3CCCN3C)nc3c2COCC3)CCN1C(=O)C=C. The molecular weight excluding hydrogens is 396 g/mol. The van der Waals surface area contributed by atoms with Gasteiger partial charge in [-0.1, -0.05) is 6.58 Å². The molecule has 1 aromatic rings. The summed E-state index contributed by atoms with van der Waals surface area (Å²) in [6.07, 6.45) is 4.36. The lowest BCUT2D eigenvalue weighted by atomic mass is 10.1. The summed E-state index contributed by atoms with van der Waals surface area (Å²) in [5.74, 6) is 0.672. The summed E-state index contributed by atoms with van der Waals surface area (Å²) in [7, 11) is 2.12. The van der Waals surface area contributed by atoms with Crippen molar-refractivity contribution in [3.8, 4) is 6.01 Å². The van der Waals surface area contributed by atoms with Gasteiger partial charge in [0.15, 0.2) is 0 Å². The lowest BCUT2D eigenvalue weighted by Gasteiger charge is -2.40. The van der Waals surface area contributed by atoms with Gasteiger partial charge in [0, 0.05) is 37.7 Å². The number of hydrogen-bond acceptors (Lipinski definition) is 7. The number of likely N-dealkylation sites (tertiary alicyclic amines) is 1. The van der Waals surface area contributed by atoms with Crippen LogP contribution in [0.1, 0.15) is 24.1 Å². The maximum Gasteiger partial charge on any atom is 0.318 e. The minimum atomic E-state index is -0.205. The minimum absolute atomic E-state index is 0.133. The molecule has 0 aliphatic carbocycles. The average molecular weight is 427 g/mol. The minimum Gasteiger partial charge on any atom is -0.462 e. The number of fused-ring (bicyclic) bond motifs is 1. The zero-order valence-corrected chi connectivity index (χ0v) is 18.1. The van der Waals surface area contributed by atoms with Crippen molar-refractivity contribution < 1.29 is 14.3 Å². The number of hydrogen-bond donors (Lipinski definition) is 0. The Hall–Kier alpha value is -2.70. The second-order valence-corrected chi connectivity index (χ2v) is 8.32. The number of rotatable bonds is 6. The van der Waals surface area contributed by atoms with Crippen LogP contribution in [-0.2, 0) is 22.6 Å². The highest BCUT2D eigenvalue weighted by Gasteiger charge is 2.34. The fourth-order valence-corrected chi connectivity index (χ4v) is 4.60. The molecule has 2 atom stereocenters. The van der Waals surface area contributed by atoms with Gasteiger partial charge in [0.05, 0.1) is 18.9 Å². The summed E-state index contributed by atoms with van der Waals surface area (Å²) in [6.45, 7) is 15.6. The summed E-state index contributed by atoms with van der Waals surface area (Å²) in [4.78, 5) is 31.4. The first-order valence-corrected chi connectivity index (χ1v) is 10.9. The highest BCUT2D eigenvalue weighted by atomic mass is 16.5. The molecule has 0 radical (unpaired) electrons. The smallest absolute Gasteiger partial charge is 0.318 e. The summed E-state index contributed by atoms with van der Waals surface area (Å²) < 4.78 is 11.7. The van der Waals surface area contributed by atoms with E-state index in [-0.39, 0.29) is 18.5 Å². The van der Waals surface area contributed by atoms with Crippen LogP contribution in [0.2, 0.25) is 0 Å². The largest absolute Gasteiger partial charge is 0.462 e. The standard InChI is InChI=1S/C22H30N6O3/c1-4-20(29)28-10-9-27(13-17(28)12-23-2)21-18-15-30-11-7-19(18)24-22(25-21)31-14-16-6-5-8-26(16)3/h4,16-17H,1,5-15H2,3H3/t16-,17-/m0/s1. The monoisotopic (exact) mass is 426 g/mol. The van der Waals surface area contributed by atoms with E-state index in [1.165, 1.54) is 12.5 Å². The maximum atomic E-state index is 12.2. The Kier molecular flexibility index (Phi) is 6.68. The second kappa shape index (κ2) is 9.62. The van der Waals surface area contributed by atoms with Gasteiger partial charge in [-0.2, -0.15) is 9.97 Å². The summed E-state index contributed by atoms with van der Waals surface area (Å²) in [6, 6.07) is 0.591. The van der Waals surface area contributed by atoms with Crippen LogP contribution in [0.15, 0.2) is 12.7 Å². The predicted octanol–water partition coefficient (Wildman–Crippen LogP) is 1.14. The van der Waals surface area contributed by atoms with Gasteiger partial charge in [-0.15, -0.1) is 0 Å². The van der Waals surface area contributed by atoms with Gasteiger partial charge >= 0.3 is 6.01 Å². The lowest BCUT2D eigenvalue weighted by Crippen LogP contribution is -2.56. The number of piperazine rings is 1. The highest BCUT2D eigenvalue weighted by Crippen LogP contribution is 2.29. The third-order valence-corrected chi connectivity index (χ3v) is 6.40. The number of ether oxygens (including phenoxy) is 2. The molecule has 0 spiro atoms. The fraction of sp³-hybridized carbons (Fsp3) is 0.636. The van der Waals surface area contributed by atoms with Crippen molar-refractivity contribution >= 4 is 11.7 Å². The molecule has 0 unspecified atom stereocenters. The Bertz CT molecular complexity index is 870. The van der Waals surface area contributed by atoms with Gasteiger partial charge < -0.3 is 29.0 Å². The molecule has 3 aliphatic heterocycles. The Balaban J connectivity index is 1.57. The molecule has 9 heteroatoms. The van der Waals surface area contributed by atoms with E-state index in [9.17, 15) is 4.79 Å². The first-order chi connectivity index (χ1) is 15.1. The Morgan fingerprint density at radius 2 is 2.23 bits per heavy atom. The van der Waals surface area contributed by atoms with E-state index >= 15 is 0 Å². The van der Waals surface area contributed by atoms with Gasteiger partial charge in [-0.05, 0) is 32.5 Å². The molecule has 0 aromatic carbocycles. The number of carbonyl (C=O) groups is 1. The number of nitrogens with zero attached hydrogens (tertiary/aromatic N) is 6. The Morgan fingerprint density at radius 3 is 2.97 bits per heavy atom. The number of likely N-dealkylation sites (N-methyl/N-ethyl adjacent to an activating group) is 1. The molecule has 2 saturated heterocycles. The van der Waals surface area contributed by atoms with Gasteiger partial charge in [0.2, 0.25) is 12.5 Å². The van der Waals surface area contributed by atoms with E-state index in [0.717, 1.165) is 36.5 Å². The van der Waals surface area contributed by atoms with Crippen molar-refractivity contribution in [1.29, 1.82) is 0 Å². The van der Waals surface area contributed by atoms with Crippen molar-refractivity contribution in [2.45, 2.75) is 38.0 Å². The van der Waals surface area contributed by atoms with Crippen LogP contribution in [0, 0.1) is 6.57 Å². The van der Waals surface area contributed by atoms with Crippen LogP contribution >= 0.6 is 0 Å². The molecule has 4 heterocycles. The van der Waals surface area contributed by atoms with Gasteiger partial charge in [0.1, 0.15) is 18.5 Å². The van der Waals surface area contributed by atoms with Crippen LogP contribution < -0.4 is 9.64 Å². The van der Waals surface area contributed by atoms with Crippen molar-refractivity contribution in [2.24, 2.45) is 0 Å². The zero-order chi connectivity index (χ0) is 21.8. The Labute approximate surface area is 183 Å². The number of amides is 1. The third kappa shape index (κ3) is 4.65.